The van der Waals surface area contributed by atoms with Gasteiger partial charge in [0.15, 0.2) is 0 Å². The summed E-state index contributed by atoms with van der Waals surface area (Å²) in [5, 5.41) is 5.03. The minimum atomic E-state index is -0.0951. The molecule has 0 N–H and O–H groups in total. The summed E-state index contributed by atoms with van der Waals surface area (Å²) in [6.07, 6.45) is 0. The molecule has 0 unspecified atom stereocenters. The topological polar surface area (TPSA) is 3.24 Å². The summed E-state index contributed by atoms with van der Waals surface area (Å²) >= 11 is 0. The first-order chi connectivity index (χ1) is 26.5. The van der Waals surface area contributed by atoms with Crippen molar-refractivity contribution in [2.24, 2.45) is 0 Å². The maximum atomic E-state index is 2.45. The largest absolute Gasteiger partial charge is 0.310 e. The molecule has 256 valence electrons. The van der Waals surface area contributed by atoms with Gasteiger partial charge in [-0.2, -0.15) is 0 Å². The van der Waals surface area contributed by atoms with Gasteiger partial charge in [-0.05, 0) is 114 Å². The maximum Gasteiger partial charge on any atom is 0.0543 e. The predicted octanol–water partition coefficient (Wildman–Crippen LogP) is 14.8. The molecular weight excluding hydrogens is 651 g/mol. The van der Waals surface area contributed by atoms with Gasteiger partial charge in [-0.3, -0.25) is 0 Å². The average Bonchev–Trinajstić information content (AvgIpc) is 3.47. The molecule has 0 heterocycles. The highest BCUT2D eigenvalue weighted by Gasteiger charge is 2.37. The summed E-state index contributed by atoms with van der Waals surface area (Å²) in [5.74, 6) is 0. The molecule has 1 nitrogen and oxygen atoms in total. The molecule has 0 radical (unpaired) electrons. The fraction of sp³-hybridized carbons (Fsp3) is 0.0566. The Balaban J connectivity index is 1.08. The standard InChI is InChI=1S/C53H39N/c1-53(2)49-18-8-7-17-48(49)52-50(53)19-10-20-51(52)54(46-31-29-40(30-32-46)45-28-26-37-12-4-6-14-42(37)34-45)47-16-9-15-43(35-47)38-21-23-39(24-22-38)44-27-25-36-11-3-5-13-41(36)33-44/h3-35H,1-2H3. The van der Waals surface area contributed by atoms with Crippen LogP contribution in [0.5, 0.6) is 0 Å². The average molecular weight is 690 g/mol. The molecule has 0 bridgehead atoms. The van der Waals surface area contributed by atoms with E-state index in [-0.39, 0.29) is 5.41 Å². The molecule has 54 heavy (non-hydrogen) atoms. The molecule has 0 aliphatic heterocycles. The Morgan fingerprint density at radius 3 is 1.44 bits per heavy atom. The summed E-state index contributed by atoms with van der Waals surface area (Å²) in [4.78, 5) is 2.45. The molecular formula is C53H39N. The van der Waals surface area contributed by atoms with Gasteiger partial charge in [-0.25, -0.2) is 0 Å². The van der Waals surface area contributed by atoms with Crippen molar-refractivity contribution >= 4 is 38.6 Å². The van der Waals surface area contributed by atoms with Crippen molar-refractivity contribution < 1.29 is 0 Å². The first kappa shape index (κ1) is 32.0. The van der Waals surface area contributed by atoms with E-state index >= 15 is 0 Å². The zero-order valence-corrected chi connectivity index (χ0v) is 30.5. The Hall–Kier alpha value is -6.70. The lowest BCUT2D eigenvalue weighted by Gasteiger charge is -2.29. The second kappa shape index (κ2) is 12.8. The van der Waals surface area contributed by atoms with E-state index in [1.165, 1.54) is 82.9 Å². The zero-order chi connectivity index (χ0) is 36.2. The molecule has 0 saturated carbocycles. The van der Waals surface area contributed by atoms with Gasteiger partial charge in [0.2, 0.25) is 0 Å². The van der Waals surface area contributed by atoms with Gasteiger partial charge >= 0.3 is 0 Å². The van der Waals surface area contributed by atoms with Crippen LogP contribution < -0.4 is 4.90 Å². The van der Waals surface area contributed by atoms with Gasteiger partial charge in [-0.1, -0.05) is 172 Å². The Bertz CT molecular complexity index is 2840. The van der Waals surface area contributed by atoms with Crippen molar-refractivity contribution in [1.82, 2.24) is 0 Å². The highest BCUT2D eigenvalue weighted by atomic mass is 15.1. The third-order valence-electron chi connectivity index (χ3n) is 11.4. The summed E-state index contributed by atoms with van der Waals surface area (Å²) in [5.41, 5.74) is 15.9. The molecule has 0 spiro atoms. The van der Waals surface area contributed by atoms with Gasteiger partial charge < -0.3 is 4.90 Å². The molecule has 0 atom stereocenters. The van der Waals surface area contributed by atoms with Gasteiger partial charge in [-0.15, -0.1) is 0 Å². The van der Waals surface area contributed by atoms with Gasteiger partial charge in [0, 0.05) is 22.4 Å². The van der Waals surface area contributed by atoms with Crippen molar-refractivity contribution in [3.8, 4) is 44.5 Å². The van der Waals surface area contributed by atoms with Crippen molar-refractivity contribution in [3.05, 3.63) is 211 Å². The van der Waals surface area contributed by atoms with Crippen LogP contribution in [0.4, 0.5) is 17.1 Å². The summed E-state index contributed by atoms with van der Waals surface area (Å²) in [6, 6.07) is 73.4. The number of fused-ring (bicyclic) bond motifs is 5. The predicted molar refractivity (Wildman–Crippen MR) is 230 cm³/mol. The number of hydrogen-bond donors (Lipinski definition) is 0. The van der Waals surface area contributed by atoms with Crippen LogP contribution in [0.2, 0.25) is 0 Å². The van der Waals surface area contributed by atoms with Crippen LogP contribution in [-0.2, 0) is 5.41 Å². The van der Waals surface area contributed by atoms with E-state index in [0.29, 0.717) is 0 Å². The number of anilines is 3. The van der Waals surface area contributed by atoms with Crippen LogP contribution in [-0.4, -0.2) is 0 Å². The SMILES string of the molecule is CC1(C)c2ccccc2-c2c(N(c3ccc(-c4ccc5ccccc5c4)cc3)c3cccc(-c4ccc(-c5ccc6ccccc6c5)cc4)c3)cccc21. The summed E-state index contributed by atoms with van der Waals surface area (Å²) < 4.78 is 0. The van der Waals surface area contributed by atoms with Gasteiger partial charge in [0.25, 0.3) is 0 Å². The highest BCUT2D eigenvalue weighted by molar-refractivity contribution is 5.96. The molecule has 0 amide bonds. The first-order valence-corrected chi connectivity index (χ1v) is 18.8. The molecule has 0 fully saturated rings. The van der Waals surface area contributed by atoms with Crippen LogP contribution >= 0.6 is 0 Å². The van der Waals surface area contributed by atoms with Crippen LogP contribution in [0.1, 0.15) is 25.0 Å². The normalized spacial score (nSPS) is 12.8. The third kappa shape index (κ3) is 5.40. The van der Waals surface area contributed by atoms with Gasteiger partial charge in [0.05, 0.1) is 5.69 Å². The molecule has 9 aromatic rings. The first-order valence-electron chi connectivity index (χ1n) is 18.8. The zero-order valence-electron chi connectivity index (χ0n) is 30.5. The minimum absolute atomic E-state index is 0.0951. The second-order valence-corrected chi connectivity index (χ2v) is 15.0. The summed E-state index contributed by atoms with van der Waals surface area (Å²) in [6.45, 7) is 4.71. The molecule has 1 heteroatoms. The van der Waals surface area contributed by atoms with Crippen molar-refractivity contribution in [1.29, 1.82) is 0 Å². The van der Waals surface area contributed by atoms with Crippen LogP contribution in [0.25, 0.3) is 66.1 Å². The fourth-order valence-electron chi connectivity index (χ4n) is 8.57. The van der Waals surface area contributed by atoms with E-state index < -0.39 is 0 Å². The molecule has 1 aliphatic carbocycles. The van der Waals surface area contributed by atoms with E-state index in [1.807, 2.05) is 0 Å². The van der Waals surface area contributed by atoms with E-state index in [4.69, 9.17) is 0 Å². The smallest absolute Gasteiger partial charge is 0.0543 e. The number of hydrogen-bond acceptors (Lipinski definition) is 1. The monoisotopic (exact) mass is 689 g/mol. The molecule has 9 aromatic carbocycles. The lowest BCUT2D eigenvalue weighted by Crippen LogP contribution is -2.16. The molecule has 0 saturated heterocycles. The maximum absolute atomic E-state index is 2.45. The van der Waals surface area contributed by atoms with Crippen molar-refractivity contribution in [2.75, 3.05) is 4.90 Å². The van der Waals surface area contributed by atoms with E-state index in [2.05, 4.69) is 219 Å². The van der Waals surface area contributed by atoms with E-state index in [0.717, 1.165) is 11.4 Å². The quantitative estimate of drug-likeness (QED) is 0.168. The van der Waals surface area contributed by atoms with Crippen LogP contribution in [0, 0.1) is 0 Å². The fourth-order valence-corrected chi connectivity index (χ4v) is 8.57. The third-order valence-corrected chi connectivity index (χ3v) is 11.4. The number of benzene rings is 9. The number of rotatable bonds is 6. The molecule has 1 aliphatic rings. The second-order valence-electron chi connectivity index (χ2n) is 15.0. The van der Waals surface area contributed by atoms with Gasteiger partial charge in [0.1, 0.15) is 0 Å². The molecule has 0 aromatic heterocycles. The lowest BCUT2D eigenvalue weighted by molar-refractivity contribution is 0.660. The Kier molecular flexibility index (Phi) is 7.56. The van der Waals surface area contributed by atoms with Crippen molar-refractivity contribution in [2.45, 2.75) is 19.3 Å². The van der Waals surface area contributed by atoms with Crippen molar-refractivity contribution in [3.63, 3.8) is 0 Å². The van der Waals surface area contributed by atoms with E-state index in [9.17, 15) is 0 Å². The minimum Gasteiger partial charge on any atom is -0.310 e. The Morgan fingerprint density at radius 2 is 0.815 bits per heavy atom. The highest BCUT2D eigenvalue weighted by Crippen LogP contribution is 2.54. The van der Waals surface area contributed by atoms with Crippen LogP contribution in [0.3, 0.4) is 0 Å². The van der Waals surface area contributed by atoms with Crippen LogP contribution in [0.15, 0.2) is 200 Å². The molecule has 10 rings (SSSR count). The lowest BCUT2D eigenvalue weighted by atomic mass is 9.82. The summed E-state index contributed by atoms with van der Waals surface area (Å²) in [7, 11) is 0. The Morgan fingerprint density at radius 1 is 0.333 bits per heavy atom. The number of nitrogens with zero attached hydrogens (tertiary/aromatic N) is 1. The van der Waals surface area contributed by atoms with E-state index in [1.54, 1.807) is 0 Å². The Labute approximate surface area is 317 Å².